The number of hydrogen-bond donors (Lipinski definition) is 0. The third-order valence-electron chi connectivity index (χ3n) is 5.37. The summed E-state index contributed by atoms with van der Waals surface area (Å²) >= 11 is 0. The number of allylic oxidation sites excluding steroid dienone is 3. The number of hydrogen-bond acceptors (Lipinski definition) is 2. The van der Waals surface area contributed by atoms with Gasteiger partial charge in [-0.3, -0.25) is 0 Å². The normalized spacial score (nSPS) is 19.8. The van der Waals surface area contributed by atoms with Crippen molar-refractivity contribution in [2.24, 2.45) is 11.3 Å². The fourth-order valence-electron chi connectivity index (χ4n) is 3.77. The quantitative estimate of drug-likeness (QED) is 0.706. The molecule has 2 aromatic rings. The molecule has 0 aromatic heterocycles. The van der Waals surface area contributed by atoms with Crippen LogP contribution in [0.2, 0.25) is 0 Å². The minimum atomic E-state index is -0.0973. The second-order valence-corrected chi connectivity index (χ2v) is 7.03. The second kappa shape index (κ2) is 6.79. The third kappa shape index (κ3) is 2.86. The molecule has 1 unspecified atom stereocenters. The average molecular weight is 334 g/mol. The van der Waals surface area contributed by atoms with Crippen LogP contribution in [0.4, 0.5) is 0 Å². The molecule has 3 rings (SSSR count). The predicted molar refractivity (Wildman–Crippen MR) is 104 cm³/mol. The zero-order valence-corrected chi connectivity index (χ0v) is 15.7. The Morgan fingerprint density at radius 1 is 0.760 bits per heavy atom. The maximum absolute atomic E-state index is 5.87. The lowest BCUT2D eigenvalue weighted by Crippen LogP contribution is -2.31. The van der Waals surface area contributed by atoms with Crippen molar-refractivity contribution in [3.8, 4) is 0 Å². The van der Waals surface area contributed by atoms with Gasteiger partial charge in [-0.25, -0.2) is 0 Å². The summed E-state index contributed by atoms with van der Waals surface area (Å²) in [7, 11) is 3.46. The summed E-state index contributed by atoms with van der Waals surface area (Å²) in [6.07, 6.45) is 0. The summed E-state index contributed by atoms with van der Waals surface area (Å²) in [6.45, 7) is 6.78. The van der Waals surface area contributed by atoms with E-state index in [2.05, 4.69) is 75.4 Å². The van der Waals surface area contributed by atoms with Gasteiger partial charge < -0.3 is 9.47 Å². The van der Waals surface area contributed by atoms with Crippen LogP contribution in [0.15, 0.2) is 72.2 Å². The van der Waals surface area contributed by atoms with Crippen LogP contribution in [0.25, 0.3) is 11.1 Å². The Labute approximate surface area is 150 Å². The lowest BCUT2D eigenvalue weighted by molar-refractivity contribution is 0.162. The largest absolute Gasteiger partial charge is 0.497 e. The molecule has 0 N–H and O–H groups in total. The van der Waals surface area contributed by atoms with E-state index in [9.17, 15) is 0 Å². The molecule has 0 aliphatic heterocycles. The molecule has 2 nitrogen and oxygen atoms in total. The first-order valence-electron chi connectivity index (χ1n) is 8.70. The molecule has 0 spiro atoms. The van der Waals surface area contributed by atoms with Crippen LogP contribution in [-0.4, -0.2) is 14.2 Å². The Morgan fingerprint density at radius 2 is 1.28 bits per heavy atom. The highest BCUT2D eigenvalue weighted by Crippen LogP contribution is 2.54. The zero-order valence-electron chi connectivity index (χ0n) is 15.7. The van der Waals surface area contributed by atoms with E-state index in [0.717, 1.165) is 22.7 Å². The van der Waals surface area contributed by atoms with Gasteiger partial charge in [-0.2, -0.15) is 0 Å². The van der Waals surface area contributed by atoms with Gasteiger partial charge in [-0.05, 0) is 16.7 Å². The summed E-state index contributed by atoms with van der Waals surface area (Å²) in [5, 5.41) is 0. The molecule has 0 saturated carbocycles. The minimum absolute atomic E-state index is 0.0973. The van der Waals surface area contributed by atoms with Crippen LogP contribution >= 0.6 is 0 Å². The molecule has 25 heavy (non-hydrogen) atoms. The fraction of sp³-hybridized carbons (Fsp3) is 0.304. The Kier molecular flexibility index (Phi) is 4.71. The maximum atomic E-state index is 5.87. The van der Waals surface area contributed by atoms with Gasteiger partial charge in [0, 0.05) is 16.9 Å². The molecule has 0 bridgehead atoms. The van der Waals surface area contributed by atoms with Crippen molar-refractivity contribution >= 4 is 11.1 Å². The van der Waals surface area contributed by atoms with E-state index in [0.29, 0.717) is 0 Å². The number of benzene rings is 2. The van der Waals surface area contributed by atoms with Gasteiger partial charge >= 0.3 is 0 Å². The van der Waals surface area contributed by atoms with Crippen molar-refractivity contribution < 1.29 is 9.47 Å². The Balaban J connectivity index is 2.41. The van der Waals surface area contributed by atoms with Gasteiger partial charge in [-0.15, -0.1) is 0 Å². The van der Waals surface area contributed by atoms with Gasteiger partial charge in [0.25, 0.3) is 0 Å². The highest BCUT2D eigenvalue weighted by molar-refractivity contribution is 6.00. The van der Waals surface area contributed by atoms with Crippen molar-refractivity contribution in [2.75, 3.05) is 14.2 Å². The first-order chi connectivity index (χ1) is 12.0. The third-order valence-corrected chi connectivity index (χ3v) is 5.37. The van der Waals surface area contributed by atoms with Gasteiger partial charge in [-0.1, -0.05) is 81.4 Å². The Bertz CT molecular complexity index is 799. The van der Waals surface area contributed by atoms with Gasteiger partial charge in [0.1, 0.15) is 5.76 Å². The van der Waals surface area contributed by atoms with E-state index in [1.807, 2.05) is 6.07 Å². The minimum Gasteiger partial charge on any atom is -0.497 e. The molecule has 0 heterocycles. The number of ether oxygens (including phenoxy) is 2. The first-order valence-corrected chi connectivity index (χ1v) is 8.70. The van der Waals surface area contributed by atoms with Crippen molar-refractivity contribution in [2.45, 2.75) is 20.8 Å². The van der Waals surface area contributed by atoms with Gasteiger partial charge in [0.15, 0.2) is 5.76 Å². The smallest absolute Gasteiger partial charge is 0.164 e. The fourth-order valence-corrected chi connectivity index (χ4v) is 3.77. The van der Waals surface area contributed by atoms with Crippen molar-refractivity contribution in [3.05, 3.63) is 83.3 Å². The highest BCUT2D eigenvalue weighted by Gasteiger charge is 2.43. The Hall–Kier alpha value is -2.48. The molecular formula is C23H26O2. The number of methoxy groups -OCH3 is 2. The molecule has 0 saturated heterocycles. The van der Waals surface area contributed by atoms with Gasteiger partial charge in [0.2, 0.25) is 0 Å². The molecule has 130 valence electrons. The van der Waals surface area contributed by atoms with Crippen LogP contribution in [-0.2, 0) is 9.47 Å². The van der Waals surface area contributed by atoms with E-state index in [-0.39, 0.29) is 11.3 Å². The van der Waals surface area contributed by atoms with E-state index < -0.39 is 0 Å². The molecule has 1 aliphatic carbocycles. The standard InChI is InChI=1S/C23H26O2/c1-16-21(24-4)22(25-5)19(17-12-8-6-9-13-17)20(23(16,2)3)18-14-10-7-11-15-18/h6-16H,1-5H3. The summed E-state index contributed by atoms with van der Waals surface area (Å²) in [4.78, 5) is 0. The van der Waals surface area contributed by atoms with E-state index in [4.69, 9.17) is 9.47 Å². The summed E-state index contributed by atoms with van der Waals surface area (Å²) in [6, 6.07) is 21.0. The van der Waals surface area contributed by atoms with Crippen LogP contribution in [0.3, 0.4) is 0 Å². The molecule has 2 heteroatoms. The topological polar surface area (TPSA) is 18.5 Å². The van der Waals surface area contributed by atoms with E-state index in [1.54, 1.807) is 14.2 Å². The average Bonchev–Trinajstić information content (AvgIpc) is 2.64. The van der Waals surface area contributed by atoms with E-state index >= 15 is 0 Å². The van der Waals surface area contributed by atoms with Crippen LogP contribution in [0.5, 0.6) is 0 Å². The highest BCUT2D eigenvalue weighted by atomic mass is 16.5. The Morgan fingerprint density at radius 3 is 1.76 bits per heavy atom. The molecule has 2 aromatic carbocycles. The second-order valence-electron chi connectivity index (χ2n) is 7.03. The molecule has 0 radical (unpaired) electrons. The summed E-state index contributed by atoms with van der Waals surface area (Å²) < 4.78 is 11.7. The summed E-state index contributed by atoms with van der Waals surface area (Å²) in [5.41, 5.74) is 4.69. The lowest BCUT2D eigenvalue weighted by atomic mass is 9.64. The lowest BCUT2D eigenvalue weighted by Gasteiger charge is -2.42. The molecule has 1 atom stereocenters. The van der Waals surface area contributed by atoms with Crippen LogP contribution < -0.4 is 0 Å². The molecule has 1 aliphatic rings. The molecule has 0 fully saturated rings. The summed E-state index contributed by atoms with van der Waals surface area (Å²) in [5.74, 6) is 1.94. The molecular weight excluding hydrogens is 308 g/mol. The van der Waals surface area contributed by atoms with Crippen LogP contribution in [0.1, 0.15) is 31.9 Å². The van der Waals surface area contributed by atoms with E-state index in [1.165, 1.54) is 11.1 Å². The van der Waals surface area contributed by atoms with Crippen LogP contribution in [0, 0.1) is 11.3 Å². The number of rotatable bonds is 4. The van der Waals surface area contributed by atoms with Gasteiger partial charge in [0.05, 0.1) is 14.2 Å². The van der Waals surface area contributed by atoms with Crippen molar-refractivity contribution in [3.63, 3.8) is 0 Å². The molecule has 0 amide bonds. The van der Waals surface area contributed by atoms with Crippen molar-refractivity contribution in [1.29, 1.82) is 0 Å². The zero-order chi connectivity index (χ0) is 18.0. The first kappa shape index (κ1) is 17.3. The SMILES string of the molecule is COC1=C(OC)C(C)C(C)(C)C(c2ccccc2)=C1c1ccccc1. The predicted octanol–water partition coefficient (Wildman–Crippen LogP) is 5.78. The monoisotopic (exact) mass is 334 g/mol. The van der Waals surface area contributed by atoms with Crippen molar-refractivity contribution in [1.82, 2.24) is 0 Å². The maximum Gasteiger partial charge on any atom is 0.164 e.